The van der Waals surface area contributed by atoms with E-state index >= 15 is 0 Å². The van der Waals surface area contributed by atoms with Crippen LogP contribution in [-0.2, 0) is 13.2 Å². The van der Waals surface area contributed by atoms with Crippen molar-refractivity contribution >= 4 is 127 Å². The molecule has 0 radical (unpaired) electrons. The van der Waals surface area contributed by atoms with Gasteiger partial charge in [0.1, 0.15) is 52.9 Å². The number of ether oxygens (including phenoxy) is 3. The quantitative estimate of drug-likeness (QED) is 0.0237. The van der Waals surface area contributed by atoms with Crippen LogP contribution in [0.1, 0.15) is 101 Å². The molecule has 3 aromatic heterocycles. The highest BCUT2D eigenvalue weighted by Crippen LogP contribution is 2.33. The second-order valence-electron chi connectivity index (χ2n) is 28.4. The third-order valence-corrected chi connectivity index (χ3v) is 21.6. The van der Waals surface area contributed by atoms with Crippen molar-refractivity contribution in [2.24, 2.45) is 0 Å². The van der Waals surface area contributed by atoms with Crippen molar-refractivity contribution in [1.82, 2.24) is 9.97 Å². The molecule has 0 spiro atoms. The van der Waals surface area contributed by atoms with Gasteiger partial charge in [0.15, 0.2) is 5.58 Å². The summed E-state index contributed by atoms with van der Waals surface area (Å²) in [6.45, 7) is 16.5. The summed E-state index contributed by atoms with van der Waals surface area (Å²) >= 11 is 3.43. The van der Waals surface area contributed by atoms with E-state index in [9.17, 15) is 28.8 Å². The van der Waals surface area contributed by atoms with Gasteiger partial charge in [0.05, 0.1) is 53.3 Å². The van der Waals surface area contributed by atoms with Crippen LogP contribution in [0, 0.1) is 18.3 Å². The predicted octanol–water partition coefficient (Wildman–Crippen LogP) is 27.3. The number of thiazole rings is 1. The number of aldehydes is 4. The smallest absolute Gasteiger partial charge is 0.343 e. The SMILES string of the molecule is C=C/C(C#N)=C/c1ccc(CO)cc1.C=Cc1ccc(-c2ccccc2)cc1.C=Cc1ccc(-c2nc3ccccc3o2)cc1.C=Cc1ccc(-c2nc3ccccc3s2)cc1.COc1c(C)cc(C=O)cc1CO.O=Cc1ccc(-c2cccs2)cc1.O=Cc1ccc(OC(=O)c2ccccc2)cc1.O=Cc1ccc2cc(OC(=O)c3ccc4ccccc4c3)ccc2c1. The first-order valence-corrected chi connectivity index (χ1v) is 42.5. The molecule has 3 heterocycles. The molecule has 0 fully saturated rings. The number of aliphatic hydroxyl groups is 2. The monoisotopic (exact) mass is 1740 g/mol. The number of oxazole rings is 1. The molecule has 0 atom stereocenters. The molecule has 18 aromatic rings. The number of esters is 2. The molecule has 2 N–H and O–H groups in total. The number of hydrogen-bond donors (Lipinski definition) is 2. The van der Waals surface area contributed by atoms with Gasteiger partial charge in [-0.3, -0.25) is 19.2 Å². The van der Waals surface area contributed by atoms with Gasteiger partial charge in [-0.25, -0.2) is 19.6 Å². The second-order valence-corrected chi connectivity index (χ2v) is 30.4. The molecule has 0 aliphatic carbocycles. The van der Waals surface area contributed by atoms with Gasteiger partial charge in [0.25, 0.3) is 0 Å². The molecule has 0 saturated carbocycles. The molecular formula is C113H89N3O12S2. The number of hydrogen-bond acceptors (Lipinski definition) is 17. The molecule has 130 heavy (non-hydrogen) atoms. The third-order valence-electron chi connectivity index (χ3n) is 19.6. The lowest BCUT2D eigenvalue weighted by Crippen LogP contribution is -2.08. The van der Waals surface area contributed by atoms with Crippen molar-refractivity contribution in [1.29, 1.82) is 5.26 Å². The number of nitriles is 1. The number of carbonyl (C=O) groups is 6. The normalized spacial score (nSPS) is 10.3. The number of allylic oxidation sites excluding steroid dienone is 2. The molecule has 15 aromatic carbocycles. The average molecular weight is 1750 g/mol. The van der Waals surface area contributed by atoms with E-state index in [0.717, 1.165) is 118 Å². The Hall–Kier alpha value is -16.6. The summed E-state index contributed by atoms with van der Waals surface area (Å²) in [4.78, 5) is 76.6. The first-order valence-electron chi connectivity index (χ1n) is 40.8. The largest absolute Gasteiger partial charge is 0.496 e. The van der Waals surface area contributed by atoms with E-state index in [-0.39, 0.29) is 13.2 Å². The number of nitrogens with zero attached hydrogens (tertiary/aromatic N) is 3. The third kappa shape index (κ3) is 27.5. The number of benzene rings is 15. The van der Waals surface area contributed by atoms with Gasteiger partial charge in [-0.15, -0.1) is 22.7 Å². The molecule has 0 saturated heterocycles. The first-order chi connectivity index (χ1) is 63.6. The van der Waals surface area contributed by atoms with Gasteiger partial charge in [-0.1, -0.05) is 287 Å². The standard InChI is InChI=1S/C22H14O3.C15H11NO.C15H11NS.C14H10O3.C14H12.C12H11NO.C11H8OS.C10H12O3/c23-14-15-5-6-19-13-21(10-9-18(19)11-15)25-22(24)20-8-7-16-3-1-2-4-17(16)12-20;2*1-2-11-7-9-12(10-8-11)15-16-13-5-3-4-6-14(13)17-15;15-10-11-6-8-13(9-7-11)17-14(16)12-4-2-1-3-5-12;1-2-12-8-10-14(11-9-12)13-6-4-3-5-7-13;1-2-10(8-13)7-11-3-5-12(9-14)6-4-11;12-8-9-3-5-10(6-4-9)11-2-1-7-13-11;1-7-3-8(5-11)4-9(6-12)10(7)13-2/h1-14H;2*2-10H,1H2;1-10H;2-11H,1H2;2-7,14H,1,9H2;1-8H;3-5,12H,6H2,1-2H3/b;;;;;10-7-;;. The number of carbonyl (C=O) groups excluding carboxylic acids is 6. The summed E-state index contributed by atoms with van der Waals surface area (Å²) in [5.41, 5.74) is 19.2. The lowest BCUT2D eigenvalue weighted by molar-refractivity contribution is 0.0725. The molecule has 18 rings (SSSR count). The van der Waals surface area contributed by atoms with Crippen molar-refractivity contribution < 1.29 is 57.6 Å². The van der Waals surface area contributed by atoms with Crippen molar-refractivity contribution in [3.05, 3.63) is 474 Å². The van der Waals surface area contributed by atoms with E-state index < -0.39 is 11.9 Å². The highest BCUT2D eigenvalue weighted by atomic mass is 32.1. The topological polar surface area (TPSA) is 233 Å². The van der Waals surface area contributed by atoms with Crippen molar-refractivity contribution in [3.8, 4) is 66.9 Å². The second kappa shape index (κ2) is 49.2. The molecule has 0 amide bonds. The summed E-state index contributed by atoms with van der Waals surface area (Å²) in [6, 6.07) is 115. The highest BCUT2D eigenvalue weighted by molar-refractivity contribution is 7.21. The zero-order valence-electron chi connectivity index (χ0n) is 71.2. The van der Waals surface area contributed by atoms with Gasteiger partial charge in [0.2, 0.25) is 5.89 Å². The Morgan fingerprint density at radius 1 is 0.423 bits per heavy atom. The zero-order chi connectivity index (χ0) is 91.8. The van der Waals surface area contributed by atoms with E-state index in [0.29, 0.717) is 62.1 Å². The highest BCUT2D eigenvalue weighted by Gasteiger charge is 2.14. The lowest BCUT2D eigenvalue weighted by atomic mass is 10.0. The Morgan fingerprint density at radius 2 is 0.915 bits per heavy atom. The van der Waals surface area contributed by atoms with Gasteiger partial charge in [-0.2, -0.15) is 5.26 Å². The van der Waals surface area contributed by atoms with Crippen LogP contribution in [0.5, 0.6) is 17.2 Å². The first kappa shape index (κ1) is 94.1. The molecule has 17 heteroatoms. The number of thiophene rings is 1. The van der Waals surface area contributed by atoms with Crippen LogP contribution in [0.2, 0.25) is 0 Å². The summed E-state index contributed by atoms with van der Waals surface area (Å²) in [7, 11) is 1.54. The maximum atomic E-state index is 12.4. The van der Waals surface area contributed by atoms with Crippen LogP contribution in [0.4, 0.5) is 0 Å². The molecule has 640 valence electrons. The number of aliphatic hydroxyl groups excluding tert-OH is 2. The number of fused-ring (bicyclic) bond motifs is 4. The Labute approximate surface area is 762 Å². The van der Waals surface area contributed by atoms with Crippen LogP contribution >= 0.6 is 22.7 Å². The Kier molecular flexibility index (Phi) is 35.6. The molecule has 0 aliphatic heterocycles. The Balaban J connectivity index is 0.000000145. The van der Waals surface area contributed by atoms with E-state index in [1.54, 1.807) is 127 Å². The summed E-state index contributed by atoms with van der Waals surface area (Å²) in [6.07, 6.45) is 11.9. The fraction of sp³-hybridized carbons (Fsp3) is 0.0354. The fourth-order valence-electron chi connectivity index (χ4n) is 12.7. The minimum Gasteiger partial charge on any atom is -0.496 e. The minimum atomic E-state index is -0.413. The van der Waals surface area contributed by atoms with Gasteiger partial charge in [-0.05, 0) is 211 Å². The van der Waals surface area contributed by atoms with E-state index in [4.69, 9.17) is 34.1 Å². The lowest BCUT2D eigenvalue weighted by Gasteiger charge is -2.09. The molecular weight excluding hydrogens is 1660 g/mol. The maximum absolute atomic E-state index is 12.4. The zero-order valence-corrected chi connectivity index (χ0v) is 72.8. The van der Waals surface area contributed by atoms with Gasteiger partial charge >= 0.3 is 11.9 Å². The fourth-order valence-corrected chi connectivity index (χ4v) is 14.4. The Bertz CT molecular complexity index is 6740. The van der Waals surface area contributed by atoms with Gasteiger partial charge in [0, 0.05) is 43.8 Å². The predicted molar refractivity (Wildman–Crippen MR) is 528 cm³/mol. The van der Waals surface area contributed by atoms with Crippen molar-refractivity contribution in [2.45, 2.75) is 20.1 Å². The number of aryl methyl sites for hydroxylation is 1. The number of para-hydroxylation sites is 3. The van der Waals surface area contributed by atoms with Crippen molar-refractivity contribution in [3.63, 3.8) is 0 Å². The summed E-state index contributed by atoms with van der Waals surface area (Å²) in [5, 5.41) is 33.5. The van der Waals surface area contributed by atoms with Crippen LogP contribution in [0.25, 0.3) is 111 Å². The molecule has 0 bridgehead atoms. The van der Waals surface area contributed by atoms with Crippen LogP contribution in [-0.4, -0.2) is 64.4 Å². The number of aromatic nitrogens is 2. The van der Waals surface area contributed by atoms with Crippen LogP contribution in [0.3, 0.4) is 0 Å². The molecule has 0 aliphatic rings. The number of rotatable bonds is 20. The average Bonchev–Trinajstić information content (AvgIpc) is 1.26. The van der Waals surface area contributed by atoms with Crippen LogP contribution < -0.4 is 14.2 Å². The van der Waals surface area contributed by atoms with Crippen LogP contribution in [0.15, 0.2) is 406 Å². The minimum absolute atomic E-state index is 0.0383. The van der Waals surface area contributed by atoms with E-state index in [1.165, 1.54) is 32.3 Å². The van der Waals surface area contributed by atoms with Crippen molar-refractivity contribution in [2.75, 3.05) is 7.11 Å². The molecule has 0 unspecified atom stereocenters. The van der Waals surface area contributed by atoms with Gasteiger partial charge < -0.3 is 28.8 Å². The molecule has 15 nitrogen and oxygen atoms in total. The van der Waals surface area contributed by atoms with E-state index in [1.807, 2.05) is 219 Å². The maximum Gasteiger partial charge on any atom is 0.343 e. The Morgan fingerprint density at radius 3 is 1.49 bits per heavy atom. The summed E-state index contributed by atoms with van der Waals surface area (Å²) < 4.78 is 22.7. The number of methoxy groups -OCH3 is 1. The summed E-state index contributed by atoms with van der Waals surface area (Å²) in [5.74, 6) is 1.39. The van der Waals surface area contributed by atoms with E-state index in [2.05, 4.69) is 121 Å².